The SMILES string of the molecule is C=CC(=N)[O-].CCCCC[N+](C)(C)CCCCC.CCCCC[N+](C)(C)CCCCC.[Cl-]. The molecule has 0 saturated heterocycles. The van der Waals surface area contributed by atoms with Crippen molar-refractivity contribution in [2.75, 3.05) is 54.4 Å². The molecular weight excluding hydrogens is 418 g/mol. The summed E-state index contributed by atoms with van der Waals surface area (Å²) < 4.78 is 2.44. The van der Waals surface area contributed by atoms with E-state index in [0.717, 1.165) is 6.08 Å². The van der Waals surface area contributed by atoms with Gasteiger partial charge in [0.2, 0.25) is 0 Å². The first-order chi connectivity index (χ1) is 14.5. The van der Waals surface area contributed by atoms with E-state index >= 15 is 0 Å². The predicted octanol–water partition coefficient (Wildman–Crippen LogP) is 3.40. The molecule has 0 amide bonds. The molecule has 196 valence electrons. The molecule has 0 fully saturated rings. The lowest BCUT2D eigenvalue weighted by Gasteiger charge is -2.29. The fourth-order valence-electron chi connectivity index (χ4n) is 3.38. The molecule has 0 spiro atoms. The number of halogens is 1. The normalized spacial score (nSPS) is 10.8. The maximum atomic E-state index is 9.36. The Kier molecular flexibility index (Phi) is 32.2. The van der Waals surface area contributed by atoms with Crippen molar-refractivity contribution in [2.24, 2.45) is 0 Å². The summed E-state index contributed by atoms with van der Waals surface area (Å²) in [5.41, 5.74) is 0. The number of rotatable bonds is 17. The monoisotopic (exact) mass is 477 g/mol. The fraction of sp³-hybridized carbons (Fsp3) is 0.889. The fourth-order valence-corrected chi connectivity index (χ4v) is 3.38. The third-order valence-electron chi connectivity index (χ3n) is 5.65. The zero-order chi connectivity index (χ0) is 24.6. The topological polar surface area (TPSA) is 46.9 Å². The Hall–Kier alpha value is -0.580. The van der Waals surface area contributed by atoms with Crippen LogP contribution in [0.4, 0.5) is 0 Å². The van der Waals surface area contributed by atoms with E-state index in [9.17, 15) is 5.11 Å². The summed E-state index contributed by atoms with van der Waals surface area (Å²) in [6.07, 6.45) is 17.5. The summed E-state index contributed by atoms with van der Waals surface area (Å²) in [4.78, 5) is 0. The Morgan fingerprint density at radius 1 is 0.625 bits per heavy atom. The van der Waals surface area contributed by atoms with Gasteiger partial charge < -0.3 is 31.9 Å². The minimum absolute atomic E-state index is 0. The molecule has 0 bridgehead atoms. The van der Waals surface area contributed by atoms with Crippen LogP contribution in [-0.2, 0) is 0 Å². The first kappa shape index (κ1) is 38.7. The maximum Gasteiger partial charge on any atom is 0.0782 e. The summed E-state index contributed by atoms with van der Waals surface area (Å²) in [6.45, 7) is 17.6. The van der Waals surface area contributed by atoms with Crippen LogP contribution in [0.1, 0.15) is 105 Å². The highest BCUT2D eigenvalue weighted by atomic mass is 35.5. The standard InChI is InChI=1S/2C12H28N.C3H5NO.ClH/c2*1-5-7-9-11-13(3,4)12-10-8-6-2;1-2-3(4)5;/h2*5-12H2,1-4H3;2H,1H2,(H2,4,5);1H/q2*+1;;/p-2. The van der Waals surface area contributed by atoms with E-state index in [2.05, 4.69) is 62.5 Å². The molecule has 4 nitrogen and oxygen atoms in total. The highest BCUT2D eigenvalue weighted by Crippen LogP contribution is 2.07. The van der Waals surface area contributed by atoms with Crippen LogP contribution in [0.25, 0.3) is 0 Å². The lowest BCUT2D eigenvalue weighted by atomic mass is 10.2. The van der Waals surface area contributed by atoms with Crippen molar-refractivity contribution in [1.82, 2.24) is 0 Å². The molecule has 0 heterocycles. The molecule has 5 heteroatoms. The highest BCUT2D eigenvalue weighted by Gasteiger charge is 2.13. The average molecular weight is 478 g/mol. The number of unbranched alkanes of at least 4 members (excludes halogenated alkanes) is 8. The van der Waals surface area contributed by atoms with Crippen molar-refractivity contribution in [3.8, 4) is 0 Å². The Morgan fingerprint density at radius 3 is 0.938 bits per heavy atom. The zero-order valence-corrected chi connectivity index (χ0v) is 24.0. The van der Waals surface area contributed by atoms with E-state index in [1.807, 2.05) is 0 Å². The second kappa shape index (κ2) is 26.7. The highest BCUT2D eigenvalue weighted by molar-refractivity contribution is 5.79. The van der Waals surface area contributed by atoms with Crippen molar-refractivity contribution in [3.63, 3.8) is 0 Å². The minimum Gasteiger partial charge on any atom is -1.00 e. The third-order valence-corrected chi connectivity index (χ3v) is 5.65. The van der Waals surface area contributed by atoms with E-state index in [0.29, 0.717) is 0 Å². The molecule has 0 radical (unpaired) electrons. The number of nitrogens with one attached hydrogen (secondary N) is 1. The predicted molar refractivity (Wildman–Crippen MR) is 140 cm³/mol. The molecular formula is C27H60ClN3O. The van der Waals surface area contributed by atoms with Crippen LogP contribution in [0.5, 0.6) is 0 Å². The molecule has 0 rings (SSSR count). The lowest BCUT2D eigenvalue weighted by Crippen LogP contribution is -3.00. The van der Waals surface area contributed by atoms with Crippen LogP contribution in [0, 0.1) is 5.41 Å². The van der Waals surface area contributed by atoms with Gasteiger partial charge in [0, 0.05) is 0 Å². The number of hydrogen-bond acceptors (Lipinski definition) is 2. The quantitative estimate of drug-likeness (QED) is 0.148. The Balaban J connectivity index is -0.000000198. The van der Waals surface area contributed by atoms with E-state index in [1.54, 1.807) is 0 Å². The molecule has 32 heavy (non-hydrogen) atoms. The van der Waals surface area contributed by atoms with Crippen LogP contribution < -0.4 is 17.5 Å². The molecule has 0 aromatic carbocycles. The molecule has 0 aromatic rings. The summed E-state index contributed by atoms with van der Waals surface area (Å²) in [7, 11) is 9.47. The van der Waals surface area contributed by atoms with Gasteiger partial charge in [0.05, 0.1) is 54.4 Å². The van der Waals surface area contributed by atoms with Crippen LogP contribution in [0.2, 0.25) is 0 Å². The van der Waals surface area contributed by atoms with E-state index in [1.165, 1.54) is 112 Å². The van der Waals surface area contributed by atoms with Crippen molar-refractivity contribution in [2.45, 2.75) is 105 Å². The molecule has 0 saturated carbocycles. The van der Waals surface area contributed by atoms with E-state index < -0.39 is 5.90 Å². The summed E-state index contributed by atoms with van der Waals surface area (Å²) in [5, 5.41) is 15.4. The number of hydrogen-bond donors (Lipinski definition) is 1. The zero-order valence-electron chi connectivity index (χ0n) is 23.3. The van der Waals surface area contributed by atoms with Gasteiger partial charge >= 0.3 is 0 Å². The number of quaternary nitrogens is 2. The number of nitrogens with zero attached hydrogens (tertiary/aromatic N) is 2. The lowest BCUT2D eigenvalue weighted by molar-refractivity contribution is -0.890. The maximum absolute atomic E-state index is 9.36. The molecule has 0 aliphatic heterocycles. The second-order valence-electron chi connectivity index (χ2n) is 10.2. The Bertz CT molecular complexity index is 346. The third kappa shape index (κ3) is 36.8. The van der Waals surface area contributed by atoms with Crippen molar-refractivity contribution < 1.29 is 26.5 Å². The van der Waals surface area contributed by atoms with Gasteiger partial charge in [-0.15, -0.1) is 0 Å². The van der Waals surface area contributed by atoms with Gasteiger partial charge in [0.1, 0.15) is 0 Å². The van der Waals surface area contributed by atoms with Crippen LogP contribution in [0.3, 0.4) is 0 Å². The first-order valence-electron chi connectivity index (χ1n) is 13.0. The van der Waals surface area contributed by atoms with Crippen molar-refractivity contribution in [3.05, 3.63) is 12.7 Å². The summed E-state index contributed by atoms with van der Waals surface area (Å²) >= 11 is 0. The van der Waals surface area contributed by atoms with Crippen molar-refractivity contribution >= 4 is 5.90 Å². The van der Waals surface area contributed by atoms with Gasteiger partial charge in [0.25, 0.3) is 0 Å². The van der Waals surface area contributed by atoms with E-state index in [4.69, 9.17) is 5.41 Å². The first-order valence-corrected chi connectivity index (χ1v) is 13.0. The van der Waals surface area contributed by atoms with Gasteiger partial charge in [-0.3, -0.25) is 0 Å². The Morgan fingerprint density at radius 2 is 0.812 bits per heavy atom. The van der Waals surface area contributed by atoms with Gasteiger partial charge in [-0.1, -0.05) is 66.0 Å². The second-order valence-corrected chi connectivity index (χ2v) is 10.2. The Labute approximate surface area is 209 Å². The smallest absolute Gasteiger partial charge is 0.0782 e. The van der Waals surface area contributed by atoms with Crippen LogP contribution in [-0.4, -0.2) is 69.2 Å². The van der Waals surface area contributed by atoms with Crippen LogP contribution in [0.15, 0.2) is 12.7 Å². The van der Waals surface area contributed by atoms with Crippen LogP contribution >= 0.6 is 0 Å². The van der Waals surface area contributed by atoms with Gasteiger partial charge in [0.15, 0.2) is 0 Å². The summed E-state index contributed by atoms with van der Waals surface area (Å²) in [5.74, 6) is -0.731. The van der Waals surface area contributed by atoms with Gasteiger partial charge in [-0.25, -0.2) is 0 Å². The minimum atomic E-state index is -0.731. The molecule has 0 unspecified atom stereocenters. The molecule has 0 aromatic heterocycles. The molecule has 0 aliphatic carbocycles. The van der Waals surface area contributed by atoms with Crippen molar-refractivity contribution in [1.29, 1.82) is 5.41 Å². The molecule has 0 aliphatic rings. The summed E-state index contributed by atoms with van der Waals surface area (Å²) in [6, 6.07) is 0. The average Bonchev–Trinajstić information content (AvgIpc) is 2.69. The largest absolute Gasteiger partial charge is 1.00 e. The van der Waals surface area contributed by atoms with Gasteiger partial charge in [-0.05, 0) is 57.3 Å². The van der Waals surface area contributed by atoms with E-state index in [-0.39, 0.29) is 12.4 Å². The molecule has 1 N–H and O–H groups in total. The molecule has 0 atom stereocenters. The van der Waals surface area contributed by atoms with Gasteiger partial charge in [-0.2, -0.15) is 0 Å².